The number of aliphatic imine (C=N–C) groups is 1. The van der Waals surface area contributed by atoms with Crippen LogP contribution in [0.5, 0.6) is 5.75 Å². The van der Waals surface area contributed by atoms with Crippen LogP contribution in [0, 0.1) is 0 Å². The zero-order valence-electron chi connectivity index (χ0n) is 13.6. The van der Waals surface area contributed by atoms with E-state index >= 15 is 0 Å². The molecular formula is C20H17ClN2O2. The molecule has 1 aliphatic heterocycles. The molecule has 5 heteroatoms. The van der Waals surface area contributed by atoms with Gasteiger partial charge in [0.25, 0.3) is 0 Å². The number of allylic oxidation sites excluding steroid dienone is 1. The lowest BCUT2D eigenvalue weighted by Gasteiger charge is -2.13. The van der Waals surface area contributed by atoms with Crippen LogP contribution < -0.4 is 4.74 Å². The van der Waals surface area contributed by atoms with Crippen molar-refractivity contribution in [2.24, 2.45) is 4.99 Å². The van der Waals surface area contributed by atoms with E-state index in [1.807, 2.05) is 36.5 Å². The van der Waals surface area contributed by atoms with Crippen LogP contribution in [0.2, 0.25) is 5.02 Å². The van der Waals surface area contributed by atoms with E-state index in [1.54, 1.807) is 12.5 Å². The lowest BCUT2D eigenvalue weighted by molar-refractivity contribution is 0.319. The van der Waals surface area contributed by atoms with E-state index in [-0.39, 0.29) is 0 Å². The van der Waals surface area contributed by atoms with Gasteiger partial charge < -0.3 is 9.15 Å². The van der Waals surface area contributed by atoms with Gasteiger partial charge in [-0.25, -0.2) is 0 Å². The molecule has 0 aliphatic carbocycles. The quantitative estimate of drug-likeness (QED) is 0.652. The highest BCUT2D eigenvalue weighted by atomic mass is 35.5. The number of furan rings is 1. The summed E-state index contributed by atoms with van der Waals surface area (Å²) in [6.45, 7) is 1.24. The molecular weight excluding hydrogens is 336 g/mol. The average molecular weight is 353 g/mol. The number of fused-ring (bicyclic) bond motifs is 1. The molecule has 1 aromatic carbocycles. The standard InChI is InChI=1S/C20H17ClN2O2/c21-17-4-3-15(20-16(17)8-13-25-20)7-12-24-18-2-1-9-23-19(18)14-5-10-22-11-6-14/h1-5,8-9,11,13H,6-7,10,12H2. The highest BCUT2D eigenvalue weighted by Gasteiger charge is 2.12. The lowest BCUT2D eigenvalue weighted by atomic mass is 10.1. The molecule has 0 saturated heterocycles. The van der Waals surface area contributed by atoms with Crippen molar-refractivity contribution in [2.75, 3.05) is 13.2 Å². The zero-order chi connectivity index (χ0) is 17.1. The first kappa shape index (κ1) is 15.9. The van der Waals surface area contributed by atoms with Gasteiger partial charge >= 0.3 is 0 Å². The highest BCUT2D eigenvalue weighted by Crippen LogP contribution is 2.29. The summed E-state index contributed by atoms with van der Waals surface area (Å²) >= 11 is 6.19. The number of hydrogen-bond acceptors (Lipinski definition) is 4. The van der Waals surface area contributed by atoms with Gasteiger partial charge in [-0.2, -0.15) is 0 Å². The number of pyridine rings is 1. The molecule has 0 fully saturated rings. The van der Waals surface area contributed by atoms with Gasteiger partial charge in [0.2, 0.25) is 0 Å². The van der Waals surface area contributed by atoms with Gasteiger partial charge in [-0.3, -0.25) is 9.98 Å². The number of nitrogens with zero attached hydrogens (tertiary/aromatic N) is 2. The van der Waals surface area contributed by atoms with Gasteiger partial charge in [0.05, 0.1) is 24.4 Å². The molecule has 0 bridgehead atoms. The number of hydrogen-bond donors (Lipinski definition) is 0. The molecule has 126 valence electrons. The van der Waals surface area contributed by atoms with E-state index in [1.165, 1.54) is 0 Å². The molecule has 3 aromatic rings. The topological polar surface area (TPSA) is 47.6 Å². The Morgan fingerprint density at radius 1 is 1.20 bits per heavy atom. The lowest BCUT2D eigenvalue weighted by Crippen LogP contribution is -2.05. The first-order chi connectivity index (χ1) is 12.3. The summed E-state index contributed by atoms with van der Waals surface area (Å²) in [5.74, 6) is 0.800. The molecule has 0 N–H and O–H groups in total. The van der Waals surface area contributed by atoms with Gasteiger partial charge in [0.15, 0.2) is 0 Å². The number of halogens is 1. The largest absolute Gasteiger partial charge is 0.491 e. The summed E-state index contributed by atoms with van der Waals surface area (Å²) < 4.78 is 11.6. The Morgan fingerprint density at radius 2 is 2.16 bits per heavy atom. The monoisotopic (exact) mass is 352 g/mol. The Labute approximate surface area is 150 Å². The molecule has 2 aromatic heterocycles. The number of dihydropyridines is 1. The second-order valence-corrected chi connectivity index (χ2v) is 6.21. The Hall–Kier alpha value is -2.59. The van der Waals surface area contributed by atoms with Crippen molar-refractivity contribution >= 4 is 34.4 Å². The second kappa shape index (κ2) is 7.11. The van der Waals surface area contributed by atoms with Crippen molar-refractivity contribution in [1.29, 1.82) is 0 Å². The van der Waals surface area contributed by atoms with Gasteiger partial charge in [-0.05, 0) is 35.4 Å². The molecule has 0 saturated carbocycles. The van der Waals surface area contributed by atoms with Crippen LogP contribution in [0.4, 0.5) is 0 Å². The fourth-order valence-electron chi connectivity index (χ4n) is 2.98. The summed E-state index contributed by atoms with van der Waals surface area (Å²) in [6, 6.07) is 9.62. The van der Waals surface area contributed by atoms with Crippen molar-refractivity contribution in [3.63, 3.8) is 0 Å². The zero-order valence-corrected chi connectivity index (χ0v) is 14.4. The van der Waals surface area contributed by atoms with Crippen LogP contribution in [0.1, 0.15) is 17.7 Å². The molecule has 4 nitrogen and oxygen atoms in total. The molecule has 0 unspecified atom stereocenters. The van der Waals surface area contributed by atoms with E-state index < -0.39 is 0 Å². The normalized spacial score (nSPS) is 13.9. The van der Waals surface area contributed by atoms with Gasteiger partial charge in [0.1, 0.15) is 17.0 Å². The molecule has 0 spiro atoms. The Morgan fingerprint density at radius 3 is 3.04 bits per heavy atom. The van der Waals surface area contributed by atoms with Crippen LogP contribution >= 0.6 is 11.6 Å². The van der Waals surface area contributed by atoms with E-state index in [0.717, 1.165) is 46.4 Å². The van der Waals surface area contributed by atoms with E-state index in [0.29, 0.717) is 18.2 Å². The SMILES string of the molecule is Clc1ccc(CCOc2cccnc2C2=CCN=CC2)c2occc12. The summed E-state index contributed by atoms with van der Waals surface area (Å²) in [4.78, 5) is 8.71. The van der Waals surface area contributed by atoms with E-state index in [2.05, 4.69) is 16.1 Å². The Kier molecular flexibility index (Phi) is 4.53. The molecule has 1 aliphatic rings. The summed E-state index contributed by atoms with van der Waals surface area (Å²) in [5.41, 5.74) is 3.96. The Bertz CT molecular complexity index is 959. The van der Waals surface area contributed by atoms with Crippen molar-refractivity contribution in [1.82, 2.24) is 4.98 Å². The molecule has 3 heterocycles. The van der Waals surface area contributed by atoms with Crippen molar-refractivity contribution in [2.45, 2.75) is 12.8 Å². The maximum absolute atomic E-state index is 6.19. The smallest absolute Gasteiger partial charge is 0.145 e. The number of benzene rings is 1. The van der Waals surface area contributed by atoms with Gasteiger partial charge in [0, 0.05) is 30.6 Å². The van der Waals surface area contributed by atoms with Crippen LogP contribution in [0.15, 0.2) is 58.3 Å². The molecule has 4 rings (SSSR count). The minimum absolute atomic E-state index is 0.539. The minimum Gasteiger partial charge on any atom is -0.491 e. The minimum atomic E-state index is 0.539. The predicted octanol–water partition coefficient (Wildman–Crippen LogP) is 4.96. The molecule has 25 heavy (non-hydrogen) atoms. The first-order valence-corrected chi connectivity index (χ1v) is 8.61. The fourth-order valence-corrected chi connectivity index (χ4v) is 3.19. The highest BCUT2D eigenvalue weighted by molar-refractivity contribution is 6.35. The maximum atomic E-state index is 6.19. The summed E-state index contributed by atoms with van der Waals surface area (Å²) in [7, 11) is 0. The molecule has 0 amide bonds. The van der Waals surface area contributed by atoms with Crippen molar-refractivity contribution in [3.05, 3.63) is 65.1 Å². The third-order valence-corrected chi connectivity index (χ3v) is 4.56. The van der Waals surface area contributed by atoms with Gasteiger partial charge in [-0.1, -0.05) is 23.7 Å². The fraction of sp³-hybridized carbons (Fsp3) is 0.200. The van der Waals surface area contributed by atoms with Crippen LogP contribution in [-0.2, 0) is 6.42 Å². The first-order valence-electron chi connectivity index (χ1n) is 8.23. The third kappa shape index (κ3) is 3.30. The van der Waals surface area contributed by atoms with Crippen LogP contribution in [-0.4, -0.2) is 24.4 Å². The maximum Gasteiger partial charge on any atom is 0.145 e. The summed E-state index contributed by atoms with van der Waals surface area (Å²) in [6.07, 6.45) is 9.00. The van der Waals surface area contributed by atoms with Crippen LogP contribution in [0.3, 0.4) is 0 Å². The van der Waals surface area contributed by atoms with Crippen molar-refractivity contribution < 1.29 is 9.15 Å². The number of aromatic nitrogens is 1. The number of ether oxygens (including phenoxy) is 1. The van der Waals surface area contributed by atoms with Gasteiger partial charge in [-0.15, -0.1) is 0 Å². The third-order valence-electron chi connectivity index (χ3n) is 4.23. The predicted molar refractivity (Wildman–Crippen MR) is 101 cm³/mol. The average Bonchev–Trinajstić information content (AvgIpc) is 3.16. The van der Waals surface area contributed by atoms with E-state index in [9.17, 15) is 0 Å². The molecule has 0 atom stereocenters. The van der Waals surface area contributed by atoms with E-state index in [4.69, 9.17) is 20.8 Å². The summed E-state index contributed by atoms with van der Waals surface area (Å²) in [5, 5.41) is 1.64. The van der Waals surface area contributed by atoms with Crippen molar-refractivity contribution in [3.8, 4) is 5.75 Å². The second-order valence-electron chi connectivity index (χ2n) is 5.80. The molecule has 0 radical (unpaired) electrons. The number of rotatable bonds is 5. The Balaban J connectivity index is 1.49. The van der Waals surface area contributed by atoms with Crippen LogP contribution in [0.25, 0.3) is 16.5 Å².